The maximum absolute atomic E-state index is 13.7. The van der Waals surface area contributed by atoms with Crippen molar-refractivity contribution in [3.8, 4) is 11.8 Å². The molecule has 6 heteroatoms. The Morgan fingerprint density at radius 2 is 2.10 bits per heavy atom. The van der Waals surface area contributed by atoms with Crippen molar-refractivity contribution in [1.29, 1.82) is 5.26 Å². The summed E-state index contributed by atoms with van der Waals surface area (Å²) in [5.74, 6) is -1.39. The molecule has 106 valence electrons. The molecule has 0 bridgehead atoms. The van der Waals surface area contributed by atoms with Gasteiger partial charge in [-0.1, -0.05) is 17.7 Å². The van der Waals surface area contributed by atoms with Crippen LogP contribution in [0.4, 0.5) is 4.39 Å². The van der Waals surface area contributed by atoms with Crippen LogP contribution >= 0.6 is 11.6 Å². The quantitative estimate of drug-likeness (QED) is 0.936. The van der Waals surface area contributed by atoms with Gasteiger partial charge in [0.1, 0.15) is 18.2 Å². The Morgan fingerprint density at radius 1 is 1.33 bits per heavy atom. The number of benzene rings is 2. The number of carbonyl (C=O) groups is 1. The Morgan fingerprint density at radius 3 is 2.67 bits per heavy atom. The number of halogens is 2. The Hall–Kier alpha value is -2.58. The molecule has 0 radical (unpaired) electrons. The van der Waals surface area contributed by atoms with Gasteiger partial charge in [-0.05, 0) is 30.3 Å². The van der Waals surface area contributed by atoms with E-state index in [1.165, 1.54) is 30.3 Å². The highest BCUT2D eigenvalue weighted by Gasteiger charge is 2.09. The molecule has 0 aromatic heterocycles. The molecule has 4 nitrogen and oxygen atoms in total. The van der Waals surface area contributed by atoms with Gasteiger partial charge in [0, 0.05) is 5.56 Å². The summed E-state index contributed by atoms with van der Waals surface area (Å²) in [6.45, 7) is -0.0797. The van der Waals surface area contributed by atoms with E-state index in [9.17, 15) is 9.18 Å². The molecular formula is C15H9ClFNO3. The number of aromatic carboxylic acids is 1. The lowest BCUT2D eigenvalue weighted by Gasteiger charge is -2.09. The third-order valence-corrected chi connectivity index (χ3v) is 3.04. The average Bonchev–Trinajstić information content (AvgIpc) is 2.46. The summed E-state index contributed by atoms with van der Waals surface area (Å²) in [7, 11) is 0. The number of nitrogens with zero attached hydrogens (tertiary/aromatic N) is 1. The number of hydrogen-bond donors (Lipinski definition) is 1. The lowest BCUT2D eigenvalue weighted by molar-refractivity contribution is 0.0697. The monoisotopic (exact) mass is 305 g/mol. The van der Waals surface area contributed by atoms with Crippen LogP contribution in [0.2, 0.25) is 5.02 Å². The summed E-state index contributed by atoms with van der Waals surface area (Å²) < 4.78 is 19.0. The molecule has 0 aliphatic heterocycles. The predicted molar refractivity (Wildman–Crippen MR) is 73.9 cm³/mol. The zero-order valence-electron chi connectivity index (χ0n) is 10.6. The van der Waals surface area contributed by atoms with Gasteiger partial charge >= 0.3 is 5.97 Å². The minimum absolute atomic E-state index is 0.0388. The average molecular weight is 306 g/mol. The van der Waals surface area contributed by atoms with Gasteiger partial charge in [0.05, 0.1) is 22.2 Å². The highest BCUT2D eigenvalue weighted by Crippen LogP contribution is 2.26. The Labute approximate surface area is 125 Å². The topological polar surface area (TPSA) is 70.3 Å². The molecule has 1 N–H and O–H groups in total. The van der Waals surface area contributed by atoms with Crippen LogP contribution in [0, 0.1) is 17.1 Å². The molecule has 0 unspecified atom stereocenters. The Balaban J connectivity index is 2.13. The van der Waals surface area contributed by atoms with Crippen LogP contribution in [0.3, 0.4) is 0 Å². The second kappa shape index (κ2) is 6.25. The van der Waals surface area contributed by atoms with Gasteiger partial charge in [-0.15, -0.1) is 0 Å². The van der Waals surface area contributed by atoms with Crippen LogP contribution in [-0.2, 0) is 6.61 Å². The molecule has 0 amide bonds. The summed E-state index contributed by atoms with van der Waals surface area (Å²) in [6, 6.07) is 9.91. The minimum atomic E-state index is -1.10. The van der Waals surface area contributed by atoms with Crippen molar-refractivity contribution >= 4 is 17.6 Å². The fourth-order valence-corrected chi connectivity index (χ4v) is 1.88. The molecular weight excluding hydrogens is 297 g/mol. The fraction of sp³-hybridized carbons (Fsp3) is 0.0667. The first kappa shape index (κ1) is 14.8. The van der Waals surface area contributed by atoms with Crippen molar-refractivity contribution in [1.82, 2.24) is 0 Å². The maximum Gasteiger partial charge on any atom is 0.335 e. The van der Waals surface area contributed by atoms with Crippen LogP contribution in [0.25, 0.3) is 0 Å². The second-order valence-electron chi connectivity index (χ2n) is 4.16. The lowest BCUT2D eigenvalue weighted by Crippen LogP contribution is -2.01. The summed E-state index contributed by atoms with van der Waals surface area (Å²) >= 11 is 5.90. The largest absolute Gasteiger partial charge is 0.487 e. The van der Waals surface area contributed by atoms with Crippen LogP contribution < -0.4 is 4.74 Å². The Bertz CT molecular complexity index is 740. The van der Waals surface area contributed by atoms with Gasteiger partial charge in [-0.3, -0.25) is 0 Å². The van der Waals surface area contributed by atoms with E-state index in [0.29, 0.717) is 0 Å². The van der Waals surface area contributed by atoms with Gasteiger partial charge in [-0.25, -0.2) is 9.18 Å². The summed E-state index contributed by atoms with van der Waals surface area (Å²) in [5.41, 5.74) is 0.532. The van der Waals surface area contributed by atoms with Gasteiger partial charge in [-0.2, -0.15) is 5.26 Å². The molecule has 0 heterocycles. The summed E-state index contributed by atoms with van der Waals surface area (Å²) in [5, 5.41) is 17.6. The standard InChI is InChI=1S/C15H9ClFNO3/c16-12-6-10(15(19)20)3-4-14(12)21-8-11-2-1-9(7-18)5-13(11)17/h1-6H,8H2,(H,19,20). The van der Waals surface area contributed by atoms with E-state index >= 15 is 0 Å². The van der Waals surface area contributed by atoms with Crippen molar-refractivity contribution in [3.63, 3.8) is 0 Å². The molecule has 0 aliphatic rings. The molecule has 0 fully saturated rings. The highest BCUT2D eigenvalue weighted by atomic mass is 35.5. The SMILES string of the molecule is N#Cc1ccc(COc2ccc(C(=O)O)cc2Cl)c(F)c1. The molecule has 0 atom stereocenters. The number of hydrogen-bond acceptors (Lipinski definition) is 3. The highest BCUT2D eigenvalue weighted by molar-refractivity contribution is 6.32. The van der Waals surface area contributed by atoms with Crippen molar-refractivity contribution in [2.75, 3.05) is 0 Å². The molecule has 0 saturated carbocycles. The molecule has 0 spiro atoms. The summed E-state index contributed by atoms with van der Waals surface area (Å²) in [4.78, 5) is 10.8. The summed E-state index contributed by atoms with van der Waals surface area (Å²) in [6.07, 6.45) is 0. The van der Waals surface area contributed by atoms with Gasteiger partial charge in [0.2, 0.25) is 0 Å². The van der Waals surface area contributed by atoms with Crippen LogP contribution in [0.5, 0.6) is 5.75 Å². The molecule has 21 heavy (non-hydrogen) atoms. The first-order valence-corrected chi connectivity index (χ1v) is 6.23. The zero-order chi connectivity index (χ0) is 15.4. The van der Waals surface area contributed by atoms with E-state index in [0.717, 1.165) is 6.07 Å². The lowest BCUT2D eigenvalue weighted by atomic mass is 10.1. The van der Waals surface area contributed by atoms with E-state index in [2.05, 4.69) is 0 Å². The van der Waals surface area contributed by atoms with E-state index in [1.807, 2.05) is 6.07 Å². The molecule has 2 aromatic rings. The predicted octanol–water partition coefficient (Wildman–Crippen LogP) is 3.63. The fourth-order valence-electron chi connectivity index (χ4n) is 1.64. The van der Waals surface area contributed by atoms with Crippen molar-refractivity contribution < 1.29 is 19.0 Å². The number of carboxylic acids is 1. The van der Waals surface area contributed by atoms with Crippen molar-refractivity contribution in [3.05, 3.63) is 63.9 Å². The van der Waals surface area contributed by atoms with E-state index in [-0.39, 0.29) is 34.1 Å². The first-order valence-electron chi connectivity index (χ1n) is 5.85. The molecule has 2 aromatic carbocycles. The van der Waals surface area contributed by atoms with E-state index < -0.39 is 11.8 Å². The van der Waals surface area contributed by atoms with Gasteiger partial charge in [0.15, 0.2) is 0 Å². The third kappa shape index (κ3) is 3.50. The van der Waals surface area contributed by atoms with E-state index in [1.54, 1.807) is 0 Å². The van der Waals surface area contributed by atoms with Crippen molar-refractivity contribution in [2.24, 2.45) is 0 Å². The molecule has 0 aliphatic carbocycles. The van der Waals surface area contributed by atoms with Crippen LogP contribution in [0.15, 0.2) is 36.4 Å². The van der Waals surface area contributed by atoms with Crippen LogP contribution in [0.1, 0.15) is 21.5 Å². The second-order valence-corrected chi connectivity index (χ2v) is 4.56. The van der Waals surface area contributed by atoms with E-state index in [4.69, 9.17) is 26.7 Å². The number of carboxylic acid groups (broad SMARTS) is 1. The Kier molecular flexibility index (Phi) is 4.41. The number of rotatable bonds is 4. The van der Waals surface area contributed by atoms with Crippen LogP contribution in [-0.4, -0.2) is 11.1 Å². The normalized spacial score (nSPS) is 9.95. The van der Waals surface area contributed by atoms with Gasteiger partial charge < -0.3 is 9.84 Å². The van der Waals surface area contributed by atoms with Crippen molar-refractivity contribution in [2.45, 2.75) is 6.61 Å². The molecule has 0 saturated heterocycles. The number of nitriles is 1. The zero-order valence-corrected chi connectivity index (χ0v) is 11.4. The third-order valence-electron chi connectivity index (χ3n) is 2.74. The number of ether oxygens (including phenoxy) is 1. The smallest absolute Gasteiger partial charge is 0.335 e. The minimum Gasteiger partial charge on any atom is -0.487 e. The van der Waals surface area contributed by atoms with Gasteiger partial charge in [0.25, 0.3) is 0 Å². The first-order chi connectivity index (χ1) is 10.0. The molecule has 2 rings (SSSR count). The maximum atomic E-state index is 13.7.